The maximum Gasteiger partial charge on any atom is 0.150 e. The van der Waals surface area contributed by atoms with Gasteiger partial charge in [-0.05, 0) is 25.2 Å². The van der Waals surface area contributed by atoms with Gasteiger partial charge in [-0.1, -0.05) is 0 Å². The van der Waals surface area contributed by atoms with Gasteiger partial charge in [0, 0.05) is 0 Å². The first-order chi connectivity index (χ1) is 5.64. The topological polar surface area (TPSA) is 69.4 Å². The molecule has 0 aromatic heterocycles. The predicted molar refractivity (Wildman–Crippen MR) is 46.1 cm³/mol. The van der Waals surface area contributed by atoms with Crippen LogP contribution in [0, 0.1) is 5.92 Å². The zero-order valence-corrected chi connectivity index (χ0v) is 7.85. The Morgan fingerprint density at radius 2 is 1.92 bits per heavy atom. The third-order valence-corrected chi connectivity index (χ3v) is 4.03. The van der Waals surface area contributed by atoms with Crippen molar-refractivity contribution in [2.24, 2.45) is 11.8 Å². The molecule has 1 saturated heterocycles. The van der Waals surface area contributed by atoms with Crippen molar-refractivity contribution in [3.63, 3.8) is 0 Å². The Hall–Kier alpha value is -0.130. The van der Waals surface area contributed by atoms with Crippen molar-refractivity contribution >= 4 is 9.84 Å². The van der Waals surface area contributed by atoms with Gasteiger partial charge in [0.25, 0.3) is 0 Å². The normalized spacial score (nSPS) is 24.1. The third-order valence-electron chi connectivity index (χ3n) is 2.32. The summed E-state index contributed by atoms with van der Waals surface area (Å²) in [7, 11) is -2.71. The first-order valence-corrected chi connectivity index (χ1v) is 5.98. The van der Waals surface area contributed by atoms with E-state index in [0.717, 1.165) is 19.3 Å². The lowest BCUT2D eigenvalue weighted by Crippen LogP contribution is -2.24. The molecule has 0 unspecified atom stereocenters. The molecule has 0 spiro atoms. The van der Waals surface area contributed by atoms with E-state index >= 15 is 0 Å². The van der Waals surface area contributed by atoms with E-state index < -0.39 is 9.84 Å². The summed E-state index contributed by atoms with van der Waals surface area (Å²) < 4.78 is 22.0. The molecule has 1 heterocycles. The average Bonchev–Trinajstić information content (AvgIpc) is 2.03. The van der Waals surface area contributed by atoms with Crippen LogP contribution < -0.4 is 5.90 Å². The molecule has 0 saturated carbocycles. The molecule has 5 heteroatoms. The molecule has 0 aliphatic carbocycles. The Morgan fingerprint density at radius 3 is 2.42 bits per heavy atom. The largest absolute Gasteiger partial charge is 0.305 e. The van der Waals surface area contributed by atoms with Crippen LogP contribution in [0.15, 0.2) is 0 Å². The van der Waals surface area contributed by atoms with E-state index in [2.05, 4.69) is 4.84 Å². The number of hydrogen-bond acceptors (Lipinski definition) is 4. The molecule has 2 N–H and O–H groups in total. The Kier molecular flexibility index (Phi) is 3.49. The third kappa shape index (κ3) is 3.08. The van der Waals surface area contributed by atoms with Gasteiger partial charge < -0.3 is 4.84 Å². The Balaban J connectivity index is 2.27. The van der Waals surface area contributed by atoms with Crippen LogP contribution in [-0.4, -0.2) is 26.5 Å². The summed E-state index contributed by atoms with van der Waals surface area (Å²) in [5.74, 6) is 6.04. The van der Waals surface area contributed by atoms with Crippen LogP contribution in [0.4, 0.5) is 0 Å². The minimum absolute atomic E-state index is 0.336. The van der Waals surface area contributed by atoms with Gasteiger partial charge in [0.1, 0.15) is 9.84 Å². The molecule has 0 bridgehead atoms. The van der Waals surface area contributed by atoms with Gasteiger partial charge in [0.15, 0.2) is 0 Å². The van der Waals surface area contributed by atoms with Crippen LogP contribution in [0.5, 0.6) is 0 Å². The van der Waals surface area contributed by atoms with E-state index in [1.165, 1.54) is 0 Å². The minimum atomic E-state index is -2.71. The summed E-state index contributed by atoms with van der Waals surface area (Å²) in [6, 6.07) is 0. The number of sulfone groups is 1. The molecule has 72 valence electrons. The van der Waals surface area contributed by atoms with Crippen LogP contribution in [0.2, 0.25) is 0 Å². The van der Waals surface area contributed by atoms with Crippen molar-refractivity contribution in [3.05, 3.63) is 0 Å². The monoisotopic (exact) mass is 193 g/mol. The molecule has 0 atom stereocenters. The van der Waals surface area contributed by atoms with E-state index in [1.54, 1.807) is 0 Å². The van der Waals surface area contributed by atoms with Crippen LogP contribution in [0.25, 0.3) is 0 Å². The highest BCUT2D eigenvalue weighted by atomic mass is 32.2. The summed E-state index contributed by atoms with van der Waals surface area (Å²) in [6.07, 6.45) is 2.42. The van der Waals surface area contributed by atoms with Crippen LogP contribution in [0.3, 0.4) is 0 Å². The SMILES string of the molecule is NOCCC1CCS(=O)(=O)CC1. The first kappa shape index (κ1) is 9.95. The molecular weight excluding hydrogens is 178 g/mol. The Labute approximate surface area is 73.0 Å². The molecule has 1 fully saturated rings. The predicted octanol–water partition coefficient (Wildman–Crippen LogP) is 0.0916. The summed E-state index contributed by atoms with van der Waals surface area (Å²) >= 11 is 0. The van der Waals surface area contributed by atoms with Crippen LogP contribution in [-0.2, 0) is 14.7 Å². The number of nitrogens with two attached hydrogens (primary N) is 1. The van der Waals surface area contributed by atoms with Gasteiger partial charge in [0.05, 0.1) is 18.1 Å². The summed E-state index contributed by atoms with van der Waals surface area (Å²) in [5.41, 5.74) is 0. The zero-order chi connectivity index (χ0) is 9.03. The summed E-state index contributed by atoms with van der Waals surface area (Å²) in [4.78, 5) is 4.45. The van der Waals surface area contributed by atoms with Crippen molar-refractivity contribution in [1.82, 2.24) is 0 Å². The fourth-order valence-corrected chi connectivity index (χ4v) is 3.05. The molecular formula is C7H15NO3S. The van der Waals surface area contributed by atoms with E-state index in [-0.39, 0.29) is 0 Å². The van der Waals surface area contributed by atoms with Gasteiger partial charge >= 0.3 is 0 Å². The van der Waals surface area contributed by atoms with Gasteiger partial charge in [-0.25, -0.2) is 14.3 Å². The second kappa shape index (κ2) is 4.20. The lowest BCUT2D eigenvalue weighted by molar-refractivity contribution is 0.121. The molecule has 1 aliphatic rings. The molecule has 0 amide bonds. The number of rotatable bonds is 3. The zero-order valence-electron chi connectivity index (χ0n) is 7.03. The molecule has 4 nitrogen and oxygen atoms in total. The Morgan fingerprint density at radius 1 is 1.33 bits per heavy atom. The molecule has 0 aromatic rings. The van der Waals surface area contributed by atoms with Gasteiger partial charge in [-0.15, -0.1) is 0 Å². The van der Waals surface area contributed by atoms with Gasteiger partial charge in [0.2, 0.25) is 0 Å². The Bertz CT molecular complexity index is 211. The van der Waals surface area contributed by atoms with Crippen molar-refractivity contribution < 1.29 is 13.3 Å². The smallest absolute Gasteiger partial charge is 0.150 e. The standard InChI is InChI=1S/C7H15NO3S/c8-11-4-1-7-2-5-12(9,10)6-3-7/h7H,1-6,8H2. The lowest BCUT2D eigenvalue weighted by atomic mass is 10.00. The van der Waals surface area contributed by atoms with Crippen molar-refractivity contribution in [3.8, 4) is 0 Å². The fourth-order valence-electron chi connectivity index (χ4n) is 1.46. The highest BCUT2D eigenvalue weighted by Gasteiger charge is 2.22. The minimum Gasteiger partial charge on any atom is -0.305 e. The van der Waals surface area contributed by atoms with E-state index in [4.69, 9.17) is 5.90 Å². The summed E-state index contributed by atoms with van der Waals surface area (Å²) in [5, 5.41) is 0. The van der Waals surface area contributed by atoms with E-state index in [1.807, 2.05) is 0 Å². The molecule has 0 aromatic carbocycles. The van der Waals surface area contributed by atoms with E-state index in [0.29, 0.717) is 24.0 Å². The van der Waals surface area contributed by atoms with Crippen molar-refractivity contribution in [2.75, 3.05) is 18.1 Å². The van der Waals surface area contributed by atoms with Crippen molar-refractivity contribution in [1.29, 1.82) is 0 Å². The molecule has 1 rings (SSSR count). The van der Waals surface area contributed by atoms with Crippen molar-refractivity contribution in [2.45, 2.75) is 19.3 Å². The quantitative estimate of drug-likeness (QED) is 0.645. The number of hydrogen-bond donors (Lipinski definition) is 1. The second-order valence-corrected chi connectivity index (χ2v) is 5.56. The fraction of sp³-hybridized carbons (Fsp3) is 1.00. The van der Waals surface area contributed by atoms with E-state index in [9.17, 15) is 8.42 Å². The van der Waals surface area contributed by atoms with Gasteiger partial charge in [-0.3, -0.25) is 0 Å². The highest BCUT2D eigenvalue weighted by molar-refractivity contribution is 7.91. The maximum absolute atomic E-state index is 11.0. The summed E-state index contributed by atoms with van der Waals surface area (Å²) in [6.45, 7) is 0.532. The van der Waals surface area contributed by atoms with Gasteiger partial charge in [-0.2, -0.15) is 0 Å². The lowest BCUT2D eigenvalue weighted by Gasteiger charge is -2.20. The highest BCUT2D eigenvalue weighted by Crippen LogP contribution is 2.21. The maximum atomic E-state index is 11.0. The average molecular weight is 193 g/mol. The molecule has 1 aliphatic heterocycles. The molecule has 12 heavy (non-hydrogen) atoms. The molecule has 0 radical (unpaired) electrons. The van der Waals surface area contributed by atoms with Crippen LogP contribution >= 0.6 is 0 Å². The first-order valence-electron chi connectivity index (χ1n) is 4.16. The van der Waals surface area contributed by atoms with Crippen LogP contribution in [0.1, 0.15) is 19.3 Å². The second-order valence-electron chi connectivity index (χ2n) is 3.25.